The van der Waals surface area contributed by atoms with Crippen LogP contribution in [0.3, 0.4) is 0 Å². The van der Waals surface area contributed by atoms with Crippen molar-refractivity contribution < 1.29 is 19.1 Å². The van der Waals surface area contributed by atoms with E-state index in [2.05, 4.69) is 5.10 Å². The van der Waals surface area contributed by atoms with Crippen molar-refractivity contribution in [3.8, 4) is 0 Å². The van der Waals surface area contributed by atoms with Crippen molar-refractivity contribution in [2.45, 2.75) is 26.7 Å². The first-order valence-corrected chi connectivity index (χ1v) is 9.15. The molecule has 1 fully saturated rings. The molecule has 0 saturated carbocycles. The van der Waals surface area contributed by atoms with Crippen LogP contribution in [-0.2, 0) is 21.4 Å². The number of ether oxygens (including phenoxy) is 1. The Balaban J connectivity index is 1.60. The number of esters is 1. The van der Waals surface area contributed by atoms with Crippen LogP contribution < -0.4 is 4.90 Å². The maximum absolute atomic E-state index is 12.4. The number of aryl methyl sites for hydroxylation is 2. The fraction of sp³-hybridized carbons (Fsp3) is 0.333. The topological polar surface area (TPSA) is 81.5 Å². The number of amides is 1. The molecule has 3 rings (SSSR count). The quantitative estimate of drug-likeness (QED) is 0.436. The van der Waals surface area contributed by atoms with Crippen LogP contribution in [0.4, 0.5) is 5.69 Å². The van der Waals surface area contributed by atoms with Gasteiger partial charge in [-0.1, -0.05) is 12.1 Å². The van der Waals surface area contributed by atoms with E-state index in [1.807, 2.05) is 20.9 Å². The summed E-state index contributed by atoms with van der Waals surface area (Å²) < 4.78 is 6.81. The third kappa shape index (κ3) is 4.19. The van der Waals surface area contributed by atoms with Gasteiger partial charge in [0.1, 0.15) is 0 Å². The molecule has 146 valence electrons. The zero-order valence-electron chi connectivity index (χ0n) is 16.3. The Bertz CT molecular complexity index is 959. The Kier molecular flexibility index (Phi) is 5.73. The molecule has 1 aromatic heterocycles. The number of carbonyl (C=O) groups is 3. The molecule has 7 nitrogen and oxygen atoms in total. The van der Waals surface area contributed by atoms with Gasteiger partial charge in [0.2, 0.25) is 5.91 Å². The highest BCUT2D eigenvalue weighted by Gasteiger charge is 2.22. The lowest BCUT2D eigenvalue weighted by atomic mass is 10.1. The summed E-state index contributed by atoms with van der Waals surface area (Å²) in [6, 6.07) is 6.84. The molecule has 0 spiro atoms. The van der Waals surface area contributed by atoms with Gasteiger partial charge in [0, 0.05) is 48.6 Å². The fourth-order valence-corrected chi connectivity index (χ4v) is 3.22. The molecular formula is C21H23N3O4. The molecular weight excluding hydrogens is 358 g/mol. The molecule has 0 atom stereocenters. The smallest absolute Gasteiger partial charge is 0.331 e. The van der Waals surface area contributed by atoms with E-state index < -0.39 is 5.97 Å². The van der Waals surface area contributed by atoms with Crippen LogP contribution in [0, 0.1) is 13.8 Å². The Labute approximate surface area is 163 Å². The van der Waals surface area contributed by atoms with Crippen molar-refractivity contribution in [1.82, 2.24) is 9.78 Å². The summed E-state index contributed by atoms with van der Waals surface area (Å²) in [5.41, 5.74) is 3.71. The van der Waals surface area contributed by atoms with Crippen LogP contribution in [0.5, 0.6) is 0 Å². The third-order valence-corrected chi connectivity index (χ3v) is 4.85. The van der Waals surface area contributed by atoms with Gasteiger partial charge in [-0.15, -0.1) is 0 Å². The first-order valence-electron chi connectivity index (χ1n) is 9.15. The number of Topliss-reactive ketones (excluding diaryl/α,β-unsaturated/α-hetero) is 1. The summed E-state index contributed by atoms with van der Waals surface area (Å²) in [5.74, 6) is -0.854. The van der Waals surface area contributed by atoms with Crippen LogP contribution in [0.1, 0.15) is 40.2 Å². The van der Waals surface area contributed by atoms with E-state index in [1.165, 1.54) is 6.08 Å². The zero-order valence-corrected chi connectivity index (χ0v) is 16.3. The molecule has 0 radical (unpaired) electrons. The summed E-state index contributed by atoms with van der Waals surface area (Å²) in [6.07, 6.45) is 4.28. The third-order valence-electron chi connectivity index (χ3n) is 4.85. The SMILES string of the molecule is Cc1nn(C)c(C)c1/C=C/C(=O)OCC(=O)c1cccc(N2CCCC2=O)c1. The molecule has 7 heteroatoms. The highest BCUT2D eigenvalue weighted by molar-refractivity contribution is 6.01. The molecule has 28 heavy (non-hydrogen) atoms. The number of hydrogen-bond acceptors (Lipinski definition) is 5. The van der Waals surface area contributed by atoms with Gasteiger partial charge in [-0.2, -0.15) is 5.10 Å². The van der Waals surface area contributed by atoms with Gasteiger partial charge in [-0.25, -0.2) is 4.79 Å². The fourth-order valence-electron chi connectivity index (χ4n) is 3.22. The minimum atomic E-state index is -0.595. The highest BCUT2D eigenvalue weighted by atomic mass is 16.5. The largest absolute Gasteiger partial charge is 0.454 e. The van der Waals surface area contributed by atoms with E-state index in [0.29, 0.717) is 24.2 Å². The Morgan fingerprint density at radius 3 is 2.71 bits per heavy atom. The number of carbonyl (C=O) groups excluding carboxylic acids is 3. The maximum atomic E-state index is 12.4. The molecule has 1 amide bonds. The lowest BCUT2D eigenvalue weighted by Gasteiger charge is -2.16. The standard InChI is InChI=1S/C21H23N3O4/c1-14-18(15(2)23(3)22-14)9-10-21(27)28-13-19(25)16-6-4-7-17(12-16)24-11-5-8-20(24)26/h4,6-7,9-10,12H,5,8,11,13H2,1-3H3/b10-9+. The molecule has 0 unspecified atom stereocenters. The van der Waals surface area contributed by atoms with E-state index in [0.717, 1.165) is 23.4 Å². The number of ketones is 1. The number of hydrogen-bond donors (Lipinski definition) is 0. The minimum absolute atomic E-state index is 0.0575. The average Bonchev–Trinajstić information content (AvgIpc) is 3.21. The Hall–Kier alpha value is -3.22. The second-order valence-corrected chi connectivity index (χ2v) is 6.77. The first kappa shape index (κ1) is 19.5. The summed E-state index contributed by atoms with van der Waals surface area (Å²) in [7, 11) is 1.83. The van der Waals surface area contributed by atoms with Gasteiger partial charge in [0.05, 0.1) is 5.69 Å². The zero-order chi connectivity index (χ0) is 20.3. The van der Waals surface area contributed by atoms with Crippen LogP contribution in [0.15, 0.2) is 30.3 Å². The molecule has 2 aromatic rings. The summed E-state index contributed by atoms with van der Waals surface area (Å²) in [6.45, 7) is 4.07. The second-order valence-electron chi connectivity index (χ2n) is 6.77. The van der Waals surface area contributed by atoms with E-state index in [1.54, 1.807) is 39.9 Å². The molecule has 0 N–H and O–H groups in total. The molecule has 0 bridgehead atoms. The predicted molar refractivity (Wildman–Crippen MR) is 105 cm³/mol. The van der Waals surface area contributed by atoms with Crippen LogP contribution >= 0.6 is 0 Å². The lowest BCUT2D eigenvalue weighted by molar-refractivity contribution is -0.136. The Morgan fingerprint density at radius 1 is 1.29 bits per heavy atom. The van der Waals surface area contributed by atoms with E-state index in [-0.39, 0.29) is 18.3 Å². The normalized spacial score (nSPS) is 14.1. The minimum Gasteiger partial charge on any atom is -0.454 e. The van der Waals surface area contributed by atoms with E-state index >= 15 is 0 Å². The second kappa shape index (κ2) is 8.21. The monoisotopic (exact) mass is 381 g/mol. The number of benzene rings is 1. The summed E-state index contributed by atoms with van der Waals surface area (Å²) >= 11 is 0. The van der Waals surface area contributed by atoms with Crippen molar-refractivity contribution in [2.24, 2.45) is 7.05 Å². The highest BCUT2D eigenvalue weighted by Crippen LogP contribution is 2.22. The maximum Gasteiger partial charge on any atom is 0.331 e. The molecule has 1 aliphatic heterocycles. The summed E-state index contributed by atoms with van der Waals surface area (Å²) in [5, 5.41) is 4.28. The van der Waals surface area contributed by atoms with Gasteiger partial charge in [0.25, 0.3) is 0 Å². The van der Waals surface area contributed by atoms with Gasteiger partial charge in [0.15, 0.2) is 12.4 Å². The van der Waals surface area contributed by atoms with Gasteiger partial charge in [-0.05, 0) is 38.5 Å². The first-order chi connectivity index (χ1) is 13.4. The number of nitrogens with zero attached hydrogens (tertiary/aromatic N) is 3. The van der Waals surface area contributed by atoms with Gasteiger partial charge in [-0.3, -0.25) is 14.3 Å². The summed E-state index contributed by atoms with van der Waals surface area (Å²) in [4.78, 5) is 37.9. The van der Waals surface area contributed by atoms with Crippen molar-refractivity contribution in [3.05, 3.63) is 52.9 Å². The number of aromatic nitrogens is 2. The predicted octanol–water partition coefficient (Wildman–Crippen LogP) is 2.60. The van der Waals surface area contributed by atoms with Crippen molar-refractivity contribution in [1.29, 1.82) is 0 Å². The lowest BCUT2D eigenvalue weighted by Crippen LogP contribution is -2.24. The molecule has 1 saturated heterocycles. The molecule has 1 aliphatic rings. The van der Waals surface area contributed by atoms with E-state index in [9.17, 15) is 14.4 Å². The van der Waals surface area contributed by atoms with Crippen molar-refractivity contribution in [2.75, 3.05) is 18.1 Å². The van der Waals surface area contributed by atoms with Crippen LogP contribution in [0.25, 0.3) is 6.08 Å². The number of anilines is 1. The molecule has 2 heterocycles. The van der Waals surface area contributed by atoms with Crippen LogP contribution in [0.2, 0.25) is 0 Å². The van der Waals surface area contributed by atoms with Gasteiger partial charge >= 0.3 is 5.97 Å². The van der Waals surface area contributed by atoms with E-state index in [4.69, 9.17) is 4.74 Å². The van der Waals surface area contributed by atoms with Crippen molar-refractivity contribution in [3.63, 3.8) is 0 Å². The molecule has 0 aliphatic carbocycles. The van der Waals surface area contributed by atoms with Crippen molar-refractivity contribution >= 4 is 29.4 Å². The van der Waals surface area contributed by atoms with Crippen LogP contribution in [-0.4, -0.2) is 40.6 Å². The average molecular weight is 381 g/mol. The van der Waals surface area contributed by atoms with Gasteiger partial charge < -0.3 is 9.64 Å². The number of rotatable bonds is 6. The Morgan fingerprint density at radius 2 is 2.07 bits per heavy atom. The molecule has 1 aromatic carbocycles.